The molecule has 2 unspecified atom stereocenters. The molecule has 2 aromatic rings. The minimum atomic E-state index is 0.268. The molecule has 0 fully saturated rings. The summed E-state index contributed by atoms with van der Waals surface area (Å²) in [5.74, 6) is 0.363. The van der Waals surface area contributed by atoms with Crippen LogP contribution in [-0.4, -0.2) is 17.2 Å². The van der Waals surface area contributed by atoms with Gasteiger partial charge in [0.1, 0.15) is 10.0 Å². The molecule has 4 heteroatoms. The Morgan fingerprint density at radius 2 is 1.83 bits per heavy atom. The van der Waals surface area contributed by atoms with E-state index in [9.17, 15) is 0 Å². The van der Waals surface area contributed by atoms with Gasteiger partial charge in [0.15, 0.2) is 0 Å². The van der Waals surface area contributed by atoms with Gasteiger partial charge in [0.25, 0.3) is 0 Å². The van der Waals surface area contributed by atoms with E-state index >= 15 is 0 Å². The Morgan fingerprint density at radius 1 is 1.17 bits per heavy atom. The van der Waals surface area contributed by atoms with Crippen LogP contribution in [0.5, 0.6) is 0 Å². The van der Waals surface area contributed by atoms with Crippen LogP contribution >= 0.6 is 11.3 Å². The first-order chi connectivity index (χ1) is 8.76. The first-order valence-corrected chi connectivity index (χ1v) is 7.13. The molecule has 18 heavy (non-hydrogen) atoms. The molecule has 0 saturated carbocycles. The van der Waals surface area contributed by atoms with Gasteiger partial charge in [-0.05, 0) is 26.0 Å². The van der Waals surface area contributed by atoms with E-state index in [4.69, 9.17) is 0 Å². The zero-order valence-electron chi connectivity index (χ0n) is 11.1. The minimum absolute atomic E-state index is 0.268. The topological polar surface area (TPSA) is 37.8 Å². The summed E-state index contributed by atoms with van der Waals surface area (Å²) in [4.78, 5) is 0. The van der Waals surface area contributed by atoms with Gasteiger partial charge in [-0.25, -0.2) is 0 Å². The fraction of sp³-hybridized carbons (Fsp3) is 0.429. The van der Waals surface area contributed by atoms with Crippen molar-refractivity contribution in [2.24, 2.45) is 0 Å². The number of rotatable bonds is 5. The lowest BCUT2D eigenvalue weighted by atomic mass is 9.97. The molecule has 0 aliphatic heterocycles. The van der Waals surface area contributed by atoms with E-state index in [0.717, 1.165) is 16.4 Å². The average molecular weight is 261 g/mol. The van der Waals surface area contributed by atoms with E-state index in [1.807, 2.05) is 13.1 Å². The molecule has 1 heterocycles. The van der Waals surface area contributed by atoms with E-state index in [2.05, 4.69) is 53.6 Å². The van der Waals surface area contributed by atoms with Crippen LogP contribution in [0.2, 0.25) is 0 Å². The highest BCUT2D eigenvalue weighted by Crippen LogP contribution is 2.31. The second-order valence-corrected chi connectivity index (χ2v) is 5.40. The number of benzene rings is 1. The lowest BCUT2D eigenvalue weighted by Gasteiger charge is -2.11. The Balaban J connectivity index is 2.26. The molecule has 0 amide bonds. The van der Waals surface area contributed by atoms with Gasteiger partial charge < -0.3 is 5.32 Å². The third kappa shape index (κ3) is 2.76. The van der Waals surface area contributed by atoms with Crippen LogP contribution in [0.3, 0.4) is 0 Å². The predicted octanol–water partition coefficient (Wildman–Crippen LogP) is 3.36. The van der Waals surface area contributed by atoms with Gasteiger partial charge in [-0.15, -0.1) is 10.2 Å². The molecule has 0 spiro atoms. The Labute approximate surface area is 112 Å². The minimum Gasteiger partial charge on any atom is -0.311 e. The molecule has 2 rings (SSSR count). The van der Waals surface area contributed by atoms with Gasteiger partial charge in [-0.2, -0.15) is 0 Å². The molecule has 3 nitrogen and oxygen atoms in total. The van der Waals surface area contributed by atoms with Gasteiger partial charge in [0.05, 0.1) is 6.04 Å². The molecule has 0 aliphatic rings. The smallest absolute Gasteiger partial charge is 0.134 e. The molecule has 0 aliphatic carbocycles. The summed E-state index contributed by atoms with van der Waals surface area (Å²) >= 11 is 1.71. The number of hydrogen-bond acceptors (Lipinski definition) is 4. The highest BCUT2D eigenvalue weighted by Gasteiger charge is 2.18. The molecule has 2 atom stereocenters. The van der Waals surface area contributed by atoms with Crippen molar-refractivity contribution >= 4 is 11.3 Å². The SMILES string of the molecule is CCC(c1ccccc1)c1nnc(C(C)NC)s1. The zero-order valence-corrected chi connectivity index (χ0v) is 11.9. The molecular formula is C14H19N3S. The summed E-state index contributed by atoms with van der Waals surface area (Å²) in [5.41, 5.74) is 1.32. The zero-order chi connectivity index (χ0) is 13.0. The van der Waals surface area contributed by atoms with Crippen LogP contribution in [0.4, 0.5) is 0 Å². The van der Waals surface area contributed by atoms with Gasteiger partial charge in [0.2, 0.25) is 0 Å². The number of hydrogen-bond donors (Lipinski definition) is 1. The van der Waals surface area contributed by atoms with Crippen molar-refractivity contribution < 1.29 is 0 Å². The summed E-state index contributed by atoms with van der Waals surface area (Å²) in [5, 5.41) is 14.0. The summed E-state index contributed by atoms with van der Waals surface area (Å²) < 4.78 is 0. The van der Waals surface area contributed by atoms with E-state index in [1.165, 1.54) is 5.56 Å². The number of nitrogens with zero attached hydrogens (tertiary/aromatic N) is 2. The molecule has 1 aromatic heterocycles. The van der Waals surface area contributed by atoms with E-state index in [1.54, 1.807) is 11.3 Å². The summed E-state index contributed by atoms with van der Waals surface area (Å²) in [6.45, 7) is 4.30. The molecule has 1 aromatic carbocycles. The van der Waals surface area contributed by atoms with Crippen LogP contribution in [-0.2, 0) is 0 Å². The van der Waals surface area contributed by atoms with Crippen molar-refractivity contribution in [2.75, 3.05) is 7.05 Å². The van der Waals surface area contributed by atoms with Crippen molar-refractivity contribution in [3.05, 3.63) is 45.9 Å². The Kier molecular flexibility index (Phi) is 4.44. The second-order valence-electron chi connectivity index (χ2n) is 4.36. The van der Waals surface area contributed by atoms with Crippen LogP contribution in [0.25, 0.3) is 0 Å². The maximum atomic E-state index is 4.36. The first-order valence-electron chi connectivity index (χ1n) is 6.31. The van der Waals surface area contributed by atoms with Gasteiger partial charge in [-0.1, -0.05) is 48.6 Å². The van der Waals surface area contributed by atoms with Crippen LogP contribution < -0.4 is 5.32 Å². The molecule has 96 valence electrons. The quantitative estimate of drug-likeness (QED) is 0.897. The van der Waals surface area contributed by atoms with E-state index in [-0.39, 0.29) is 6.04 Å². The van der Waals surface area contributed by atoms with Crippen molar-refractivity contribution in [2.45, 2.75) is 32.2 Å². The predicted molar refractivity (Wildman–Crippen MR) is 76.0 cm³/mol. The Bertz CT molecular complexity index is 481. The molecule has 0 bridgehead atoms. The van der Waals surface area contributed by atoms with Crippen LogP contribution in [0.15, 0.2) is 30.3 Å². The first kappa shape index (κ1) is 13.2. The maximum absolute atomic E-state index is 4.36. The third-order valence-electron chi connectivity index (χ3n) is 3.17. The Hall–Kier alpha value is -1.26. The monoisotopic (exact) mass is 261 g/mol. The summed E-state index contributed by atoms with van der Waals surface area (Å²) in [6, 6.07) is 10.8. The number of aromatic nitrogens is 2. The van der Waals surface area contributed by atoms with Crippen LogP contribution in [0, 0.1) is 0 Å². The van der Waals surface area contributed by atoms with Crippen molar-refractivity contribution in [1.82, 2.24) is 15.5 Å². The van der Waals surface area contributed by atoms with Crippen molar-refractivity contribution in [1.29, 1.82) is 0 Å². The fourth-order valence-electron chi connectivity index (χ4n) is 1.92. The molecular weight excluding hydrogens is 242 g/mol. The Morgan fingerprint density at radius 3 is 2.44 bits per heavy atom. The number of nitrogens with one attached hydrogen (secondary N) is 1. The van der Waals surface area contributed by atoms with Gasteiger partial charge in [-0.3, -0.25) is 0 Å². The molecule has 1 N–H and O–H groups in total. The second kappa shape index (κ2) is 6.07. The normalized spacial score (nSPS) is 14.4. The third-order valence-corrected chi connectivity index (χ3v) is 4.39. The lowest BCUT2D eigenvalue weighted by molar-refractivity contribution is 0.638. The molecule has 0 radical (unpaired) electrons. The fourth-order valence-corrected chi connectivity index (χ4v) is 3.04. The summed E-state index contributed by atoms with van der Waals surface area (Å²) in [7, 11) is 1.94. The van der Waals surface area contributed by atoms with E-state index in [0.29, 0.717) is 5.92 Å². The highest BCUT2D eigenvalue weighted by molar-refractivity contribution is 7.11. The van der Waals surface area contributed by atoms with Gasteiger partial charge in [0, 0.05) is 5.92 Å². The average Bonchev–Trinajstić information content (AvgIpc) is 2.89. The highest BCUT2D eigenvalue weighted by atomic mass is 32.1. The summed E-state index contributed by atoms with van der Waals surface area (Å²) in [6.07, 6.45) is 1.05. The lowest BCUT2D eigenvalue weighted by Crippen LogP contribution is -2.11. The standard InChI is InChI=1S/C14H19N3S/c1-4-12(11-8-6-5-7-9-11)14-17-16-13(18-14)10(2)15-3/h5-10,12,15H,4H2,1-3H3. The van der Waals surface area contributed by atoms with E-state index < -0.39 is 0 Å². The van der Waals surface area contributed by atoms with Crippen molar-refractivity contribution in [3.8, 4) is 0 Å². The van der Waals surface area contributed by atoms with Crippen LogP contribution in [0.1, 0.15) is 47.8 Å². The molecule has 0 saturated heterocycles. The largest absolute Gasteiger partial charge is 0.311 e. The van der Waals surface area contributed by atoms with Gasteiger partial charge >= 0.3 is 0 Å². The maximum Gasteiger partial charge on any atom is 0.134 e. The van der Waals surface area contributed by atoms with Crippen molar-refractivity contribution in [3.63, 3.8) is 0 Å².